The molecule has 2 aromatic heterocycles. The van der Waals surface area contributed by atoms with Gasteiger partial charge in [-0.05, 0) is 44.0 Å². The summed E-state index contributed by atoms with van der Waals surface area (Å²) in [7, 11) is 0. The third-order valence-corrected chi connectivity index (χ3v) is 7.95. The topological polar surface area (TPSA) is 25.8 Å². The number of rotatable bonds is 1. The molecule has 0 atom stereocenters. The van der Waals surface area contributed by atoms with E-state index in [-0.39, 0.29) is 0 Å². The van der Waals surface area contributed by atoms with Crippen molar-refractivity contribution in [1.82, 2.24) is 9.97 Å². The van der Waals surface area contributed by atoms with E-state index in [9.17, 15) is 0 Å². The summed E-state index contributed by atoms with van der Waals surface area (Å²) in [5, 5.41) is 0. The van der Waals surface area contributed by atoms with Gasteiger partial charge in [-0.3, -0.25) is 0 Å². The fourth-order valence-corrected chi connectivity index (χ4v) is 4.05. The zero-order valence-corrected chi connectivity index (χ0v) is 17.8. The van der Waals surface area contributed by atoms with E-state index in [2.05, 4.69) is 81.1 Å². The molecule has 0 aliphatic rings. The molecule has 0 spiro atoms. The van der Waals surface area contributed by atoms with Gasteiger partial charge in [-0.2, -0.15) is 0 Å². The molecule has 2 aromatic rings. The third-order valence-electron chi connectivity index (χ3n) is 2.28. The van der Waals surface area contributed by atoms with Gasteiger partial charge in [-0.25, -0.2) is 4.98 Å². The summed E-state index contributed by atoms with van der Waals surface area (Å²) < 4.78 is 4.24. The van der Waals surface area contributed by atoms with Gasteiger partial charge in [-0.15, -0.1) is 0 Å². The van der Waals surface area contributed by atoms with Gasteiger partial charge in [-0.1, -0.05) is 0 Å². The van der Waals surface area contributed by atoms with Gasteiger partial charge in [0.25, 0.3) is 0 Å². The van der Waals surface area contributed by atoms with Gasteiger partial charge in [0.15, 0.2) is 0 Å². The number of pyridine rings is 2. The molecule has 0 bridgehead atoms. The second kappa shape index (κ2) is 7.91. The van der Waals surface area contributed by atoms with E-state index >= 15 is 0 Å². The van der Waals surface area contributed by atoms with E-state index < -0.39 is 13.3 Å². The molecule has 0 aromatic carbocycles. The zero-order valence-electron chi connectivity index (χ0n) is 11.0. The number of hydrogen-bond donors (Lipinski definition) is 0. The number of halogens is 3. The van der Waals surface area contributed by atoms with Crippen molar-refractivity contribution >= 4 is 65.5 Å². The summed E-state index contributed by atoms with van der Waals surface area (Å²) in [5.41, 5.74) is 0. The Balaban J connectivity index is 0.000000200. The Bertz CT molecular complexity index is 486. The first kappa shape index (κ1) is 17.3. The summed E-state index contributed by atoms with van der Waals surface area (Å²) in [5.74, 6) is 7.10. The average molecular weight is 512 g/mol. The van der Waals surface area contributed by atoms with E-state index in [1.165, 1.54) is 4.40 Å². The van der Waals surface area contributed by atoms with Gasteiger partial charge in [0, 0.05) is 10.7 Å². The Labute approximate surface area is 142 Å². The minimum absolute atomic E-state index is 0.862. The fraction of sp³-hybridized carbons (Fsp3) is 0.231. The van der Waals surface area contributed by atoms with Crippen LogP contribution in [-0.2, 0) is 0 Å². The Morgan fingerprint density at radius 3 is 1.63 bits per heavy atom. The zero-order chi connectivity index (χ0) is 14.5. The molecule has 2 nitrogen and oxygen atoms in total. The van der Waals surface area contributed by atoms with E-state index in [1.54, 1.807) is 6.20 Å². The van der Waals surface area contributed by atoms with Gasteiger partial charge < -0.3 is 0 Å². The van der Waals surface area contributed by atoms with Crippen LogP contribution in [0, 0.1) is 0 Å². The van der Waals surface area contributed by atoms with Crippen LogP contribution in [0.3, 0.4) is 0 Å². The van der Waals surface area contributed by atoms with Crippen molar-refractivity contribution in [2.24, 2.45) is 0 Å². The SMILES string of the molecule is Brc1ccc(Br)nc1.[CH3][Ge]([CH3])([CH3])[c]1ccc(Br)nc1. The number of nitrogens with zero attached hydrogens (tertiary/aromatic N) is 2. The first-order chi connectivity index (χ1) is 8.79. The molecule has 0 unspecified atom stereocenters. The third kappa shape index (κ3) is 7.02. The number of hydrogen-bond acceptors (Lipinski definition) is 2. The van der Waals surface area contributed by atoms with Gasteiger partial charge >= 0.3 is 78.8 Å². The Morgan fingerprint density at radius 2 is 1.32 bits per heavy atom. The van der Waals surface area contributed by atoms with Crippen molar-refractivity contribution in [2.45, 2.75) is 17.3 Å². The predicted octanol–water partition coefficient (Wildman–Crippen LogP) is 5.00. The van der Waals surface area contributed by atoms with Crippen molar-refractivity contribution in [3.63, 3.8) is 0 Å². The molecule has 2 rings (SSSR count). The molecule has 0 aliphatic carbocycles. The summed E-state index contributed by atoms with van der Waals surface area (Å²) >= 11 is 8.19. The van der Waals surface area contributed by atoms with Crippen molar-refractivity contribution < 1.29 is 0 Å². The van der Waals surface area contributed by atoms with Crippen LogP contribution < -0.4 is 4.40 Å². The Hall–Kier alpha value is 0.283. The monoisotopic (exact) mass is 510 g/mol. The molecular formula is C13H15Br3GeN2. The second-order valence-electron chi connectivity index (χ2n) is 4.92. The molecule has 2 heterocycles. The van der Waals surface area contributed by atoms with Crippen molar-refractivity contribution in [2.75, 3.05) is 0 Å². The molecule has 0 saturated heterocycles. The summed E-state index contributed by atoms with van der Waals surface area (Å²) in [4.78, 5) is 8.16. The summed E-state index contributed by atoms with van der Waals surface area (Å²) in [6, 6.07) is 8.00. The van der Waals surface area contributed by atoms with Crippen LogP contribution in [0.15, 0.2) is 50.3 Å². The Morgan fingerprint density at radius 1 is 0.789 bits per heavy atom. The van der Waals surface area contributed by atoms with Crippen molar-refractivity contribution in [1.29, 1.82) is 0 Å². The second-order valence-corrected chi connectivity index (χ2v) is 18.1. The van der Waals surface area contributed by atoms with Gasteiger partial charge in [0.2, 0.25) is 0 Å². The van der Waals surface area contributed by atoms with Gasteiger partial charge in [0.1, 0.15) is 4.60 Å². The van der Waals surface area contributed by atoms with Crippen molar-refractivity contribution in [3.05, 3.63) is 50.3 Å². The van der Waals surface area contributed by atoms with E-state index in [0.717, 1.165) is 13.7 Å². The van der Waals surface area contributed by atoms with Crippen LogP contribution in [-0.4, -0.2) is 23.2 Å². The van der Waals surface area contributed by atoms with E-state index in [1.807, 2.05) is 24.4 Å². The van der Waals surface area contributed by atoms with Crippen LogP contribution in [0.1, 0.15) is 0 Å². The van der Waals surface area contributed by atoms with Crippen LogP contribution in [0.4, 0.5) is 0 Å². The molecule has 102 valence electrons. The van der Waals surface area contributed by atoms with Crippen LogP contribution in [0.5, 0.6) is 0 Å². The van der Waals surface area contributed by atoms with E-state index in [4.69, 9.17) is 0 Å². The molecular weight excluding hydrogens is 496 g/mol. The van der Waals surface area contributed by atoms with Crippen LogP contribution in [0.2, 0.25) is 17.3 Å². The maximum atomic E-state index is 4.21. The first-order valence-corrected chi connectivity index (χ1v) is 15.4. The molecule has 0 N–H and O–H groups in total. The molecule has 19 heavy (non-hydrogen) atoms. The molecule has 0 fully saturated rings. The maximum absolute atomic E-state index is 4.21. The summed E-state index contributed by atoms with van der Waals surface area (Å²) in [6.45, 7) is 0. The number of aromatic nitrogens is 2. The van der Waals surface area contributed by atoms with Crippen LogP contribution in [0.25, 0.3) is 0 Å². The van der Waals surface area contributed by atoms with Crippen LogP contribution >= 0.6 is 47.8 Å². The van der Waals surface area contributed by atoms with E-state index in [0.29, 0.717) is 0 Å². The molecule has 6 heteroatoms. The fourth-order valence-electron chi connectivity index (χ4n) is 1.18. The molecule has 0 radical (unpaired) electrons. The molecule has 0 amide bonds. The molecule has 0 saturated carbocycles. The summed E-state index contributed by atoms with van der Waals surface area (Å²) in [6.07, 6.45) is 3.73. The quantitative estimate of drug-likeness (QED) is 0.398. The predicted molar refractivity (Wildman–Crippen MR) is 94.6 cm³/mol. The first-order valence-electron chi connectivity index (χ1n) is 5.68. The average Bonchev–Trinajstić information content (AvgIpc) is 2.33. The van der Waals surface area contributed by atoms with Crippen molar-refractivity contribution in [3.8, 4) is 0 Å². The standard InChI is InChI=1S/C8H12BrGeN.C5H3Br2N/c1-10(2,3)7-4-5-8(9)11-6-7;6-4-1-2-5(7)8-3-4/h4-6H,1-3H3;1-3H. The Kier molecular flexibility index (Phi) is 7.21. The molecule has 0 aliphatic heterocycles. The normalized spacial score (nSPS) is 10.6. The minimum atomic E-state index is -1.61. The van der Waals surface area contributed by atoms with Gasteiger partial charge in [0.05, 0.1) is 0 Å².